The molecular formula is C19H15N3O3. The number of carbonyl (C=O) groups excluding carboxylic acids is 1. The van der Waals surface area contributed by atoms with Crippen LogP contribution in [0.2, 0.25) is 0 Å². The predicted molar refractivity (Wildman–Crippen MR) is 91.3 cm³/mol. The van der Waals surface area contributed by atoms with Crippen LogP contribution in [-0.4, -0.2) is 27.2 Å². The van der Waals surface area contributed by atoms with Crippen LogP contribution in [0.25, 0.3) is 16.9 Å². The van der Waals surface area contributed by atoms with Gasteiger partial charge in [-0.15, -0.1) is 0 Å². The molecule has 0 radical (unpaired) electrons. The van der Waals surface area contributed by atoms with E-state index in [2.05, 4.69) is 11.1 Å². The first-order valence-electron chi connectivity index (χ1n) is 7.68. The van der Waals surface area contributed by atoms with Crippen molar-refractivity contribution in [2.24, 2.45) is 0 Å². The van der Waals surface area contributed by atoms with Gasteiger partial charge in [0.15, 0.2) is 0 Å². The van der Waals surface area contributed by atoms with Crippen molar-refractivity contribution in [3.63, 3.8) is 0 Å². The van der Waals surface area contributed by atoms with E-state index in [4.69, 9.17) is 4.74 Å². The van der Waals surface area contributed by atoms with E-state index in [1.54, 1.807) is 60.3 Å². The van der Waals surface area contributed by atoms with Crippen LogP contribution in [0, 0.1) is 11.3 Å². The van der Waals surface area contributed by atoms with Crippen molar-refractivity contribution in [1.82, 2.24) is 9.55 Å². The lowest BCUT2D eigenvalue weighted by atomic mass is 10.0. The number of benzene rings is 1. The molecule has 0 spiro atoms. The fraction of sp³-hybridized carbons (Fsp3) is 0.105. The molecule has 0 saturated carbocycles. The van der Waals surface area contributed by atoms with Gasteiger partial charge in [-0.25, -0.2) is 9.78 Å². The number of hydrogen-bond donors (Lipinski definition) is 1. The molecule has 25 heavy (non-hydrogen) atoms. The molecule has 3 rings (SSSR count). The van der Waals surface area contributed by atoms with Crippen molar-refractivity contribution >= 4 is 5.97 Å². The Hall–Kier alpha value is -3.59. The minimum absolute atomic E-state index is 0.0879. The molecule has 2 heterocycles. The maximum Gasteiger partial charge on any atom is 0.338 e. The summed E-state index contributed by atoms with van der Waals surface area (Å²) in [5, 5.41) is 19.4. The Bertz CT molecular complexity index is 970. The normalized spacial score (nSPS) is 10.2. The van der Waals surface area contributed by atoms with Crippen molar-refractivity contribution in [2.45, 2.75) is 6.92 Å². The van der Waals surface area contributed by atoms with E-state index in [1.807, 2.05) is 0 Å². The van der Waals surface area contributed by atoms with Gasteiger partial charge in [-0.2, -0.15) is 5.26 Å². The van der Waals surface area contributed by atoms with Crippen molar-refractivity contribution in [3.05, 3.63) is 66.1 Å². The first-order valence-corrected chi connectivity index (χ1v) is 7.68. The number of aromatic nitrogens is 2. The molecule has 0 aliphatic carbocycles. The molecule has 0 aliphatic rings. The number of para-hydroxylation sites is 1. The second-order valence-corrected chi connectivity index (χ2v) is 5.24. The summed E-state index contributed by atoms with van der Waals surface area (Å²) in [6.07, 6.45) is 4.82. The first-order chi connectivity index (χ1) is 12.1. The second-order valence-electron chi connectivity index (χ2n) is 5.24. The minimum Gasteiger partial charge on any atom is -0.507 e. The Morgan fingerprint density at radius 1 is 1.28 bits per heavy atom. The topological polar surface area (TPSA) is 88.1 Å². The maximum atomic E-state index is 11.9. The van der Waals surface area contributed by atoms with E-state index in [1.165, 1.54) is 6.20 Å². The van der Waals surface area contributed by atoms with Gasteiger partial charge in [0.05, 0.1) is 17.7 Å². The zero-order valence-electron chi connectivity index (χ0n) is 13.5. The SMILES string of the molecule is CCOC(=O)c1ccnc(-n2cc(C#N)c(-c3ccccc3O)c2)c1. The van der Waals surface area contributed by atoms with Crippen LogP contribution in [0.5, 0.6) is 5.75 Å². The lowest BCUT2D eigenvalue weighted by Crippen LogP contribution is -2.06. The van der Waals surface area contributed by atoms with Gasteiger partial charge in [0.2, 0.25) is 0 Å². The van der Waals surface area contributed by atoms with Crippen molar-refractivity contribution in [2.75, 3.05) is 6.61 Å². The first kappa shape index (κ1) is 16.3. The third-order valence-corrected chi connectivity index (χ3v) is 3.66. The van der Waals surface area contributed by atoms with Crippen LogP contribution in [0.4, 0.5) is 0 Å². The number of rotatable bonds is 4. The van der Waals surface area contributed by atoms with Gasteiger partial charge in [-0.05, 0) is 25.1 Å². The van der Waals surface area contributed by atoms with Crippen LogP contribution >= 0.6 is 0 Å². The molecule has 2 aromatic heterocycles. The maximum absolute atomic E-state index is 11.9. The number of hydrogen-bond acceptors (Lipinski definition) is 5. The third kappa shape index (κ3) is 3.21. The zero-order valence-corrected chi connectivity index (χ0v) is 13.5. The molecule has 1 aromatic carbocycles. The predicted octanol–water partition coefficient (Wildman–Crippen LogP) is 3.29. The number of phenols is 1. The summed E-state index contributed by atoms with van der Waals surface area (Å²) in [5.41, 5.74) is 1.91. The molecule has 0 amide bonds. The average molecular weight is 333 g/mol. The summed E-state index contributed by atoms with van der Waals surface area (Å²) in [6.45, 7) is 2.03. The summed E-state index contributed by atoms with van der Waals surface area (Å²) in [7, 11) is 0. The van der Waals surface area contributed by atoms with Gasteiger partial charge in [-0.3, -0.25) is 0 Å². The number of aromatic hydroxyl groups is 1. The van der Waals surface area contributed by atoms with Crippen LogP contribution in [0.1, 0.15) is 22.8 Å². The molecule has 0 saturated heterocycles. The highest BCUT2D eigenvalue weighted by molar-refractivity contribution is 5.89. The van der Waals surface area contributed by atoms with E-state index < -0.39 is 5.97 Å². The van der Waals surface area contributed by atoms with E-state index >= 15 is 0 Å². The fourth-order valence-corrected chi connectivity index (χ4v) is 2.49. The molecule has 6 nitrogen and oxygen atoms in total. The second kappa shape index (κ2) is 6.89. The zero-order chi connectivity index (χ0) is 17.8. The number of pyridine rings is 1. The minimum atomic E-state index is -0.431. The Morgan fingerprint density at radius 3 is 2.80 bits per heavy atom. The number of phenolic OH excluding ortho intramolecular Hbond substituents is 1. The smallest absolute Gasteiger partial charge is 0.338 e. The summed E-state index contributed by atoms with van der Waals surface area (Å²) in [4.78, 5) is 16.1. The number of nitrogens with zero attached hydrogens (tertiary/aromatic N) is 3. The number of esters is 1. The number of nitriles is 1. The Labute approximate surface area is 144 Å². The van der Waals surface area contributed by atoms with E-state index in [-0.39, 0.29) is 12.4 Å². The number of carbonyl (C=O) groups is 1. The lowest BCUT2D eigenvalue weighted by Gasteiger charge is -2.05. The fourth-order valence-electron chi connectivity index (χ4n) is 2.49. The van der Waals surface area contributed by atoms with E-state index in [9.17, 15) is 15.2 Å². The Balaban J connectivity index is 2.06. The molecule has 0 bridgehead atoms. The van der Waals surface area contributed by atoms with Gasteiger partial charge in [0, 0.05) is 29.7 Å². The molecule has 124 valence electrons. The molecular weight excluding hydrogens is 318 g/mol. The van der Waals surface area contributed by atoms with E-state index in [0.717, 1.165) is 0 Å². The molecule has 0 aliphatic heterocycles. The van der Waals surface area contributed by atoms with Crippen LogP contribution in [0.3, 0.4) is 0 Å². The van der Waals surface area contributed by atoms with Crippen LogP contribution < -0.4 is 0 Å². The summed E-state index contributed by atoms with van der Waals surface area (Å²) in [6, 6.07) is 12.1. The van der Waals surface area contributed by atoms with Crippen LogP contribution in [0.15, 0.2) is 55.0 Å². The molecule has 0 fully saturated rings. The number of ether oxygens (including phenoxy) is 1. The average Bonchev–Trinajstić information content (AvgIpc) is 3.06. The Kier molecular flexibility index (Phi) is 4.48. The molecule has 3 aromatic rings. The summed E-state index contributed by atoms with van der Waals surface area (Å²) in [5.74, 6) is 0.133. The quantitative estimate of drug-likeness (QED) is 0.740. The third-order valence-electron chi connectivity index (χ3n) is 3.66. The molecule has 1 N–H and O–H groups in total. The van der Waals surface area contributed by atoms with Crippen molar-refractivity contribution in [1.29, 1.82) is 5.26 Å². The summed E-state index contributed by atoms with van der Waals surface area (Å²) >= 11 is 0. The van der Waals surface area contributed by atoms with E-state index in [0.29, 0.717) is 28.1 Å². The molecule has 0 unspecified atom stereocenters. The highest BCUT2D eigenvalue weighted by Crippen LogP contribution is 2.32. The standard InChI is InChI=1S/C19H15N3O3/c1-2-25-19(24)13-7-8-21-18(9-13)22-11-14(10-20)16(12-22)15-5-3-4-6-17(15)23/h3-9,11-12,23H,2H2,1H3. The van der Waals surface area contributed by atoms with Gasteiger partial charge in [-0.1, -0.05) is 18.2 Å². The largest absolute Gasteiger partial charge is 0.507 e. The molecule has 0 atom stereocenters. The van der Waals surface area contributed by atoms with Gasteiger partial charge >= 0.3 is 5.97 Å². The van der Waals surface area contributed by atoms with Gasteiger partial charge in [0.1, 0.15) is 17.6 Å². The monoisotopic (exact) mass is 333 g/mol. The van der Waals surface area contributed by atoms with Gasteiger partial charge < -0.3 is 14.4 Å². The van der Waals surface area contributed by atoms with Gasteiger partial charge in [0.25, 0.3) is 0 Å². The van der Waals surface area contributed by atoms with Crippen LogP contribution in [-0.2, 0) is 4.74 Å². The van der Waals surface area contributed by atoms with Crippen molar-refractivity contribution in [3.8, 4) is 28.8 Å². The molecule has 6 heteroatoms. The van der Waals surface area contributed by atoms with Crippen molar-refractivity contribution < 1.29 is 14.6 Å². The lowest BCUT2D eigenvalue weighted by molar-refractivity contribution is 0.0526. The highest BCUT2D eigenvalue weighted by atomic mass is 16.5. The highest BCUT2D eigenvalue weighted by Gasteiger charge is 2.14. The summed E-state index contributed by atoms with van der Waals surface area (Å²) < 4.78 is 6.63. The Morgan fingerprint density at radius 2 is 2.08 bits per heavy atom.